The summed E-state index contributed by atoms with van der Waals surface area (Å²) in [6.45, 7) is 5.50. The summed E-state index contributed by atoms with van der Waals surface area (Å²) in [6, 6.07) is 15.6. The normalized spacial score (nSPS) is 11.3. The molecule has 3 aromatic carbocycles. The van der Waals surface area contributed by atoms with Gasteiger partial charge in [0.25, 0.3) is 11.7 Å². The number of aryl methyl sites for hydroxylation is 2. The molecule has 0 saturated heterocycles. The van der Waals surface area contributed by atoms with Gasteiger partial charge in [-0.05, 0) is 55.2 Å². The molecule has 10 heteroatoms. The number of halogens is 3. The Kier molecular flexibility index (Phi) is 8.67. The summed E-state index contributed by atoms with van der Waals surface area (Å²) in [5, 5.41) is 2.70. The van der Waals surface area contributed by atoms with Gasteiger partial charge in [0.05, 0.1) is 12.0 Å². The molecule has 0 fully saturated rings. The molecule has 40 heavy (non-hydrogen) atoms. The molecule has 4 aromatic rings. The van der Waals surface area contributed by atoms with Crippen molar-refractivity contribution < 1.29 is 36.6 Å². The summed E-state index contributed by atoms with van der Waals surface area (Å²) < 4.78 is 63.4. The van der Waals surface area contributed by atoms with Gasteiger partial charge in [-0.15, -0.1) is 0 Å². The van der Waals surface area contributed by atoms with E-state index in [4.69, 9.17) is 18.6 Å². The van der Waals surface area contributed by atoms with E-state index in [9.17, 15) is 22.8 Å². The number of benzene rings is 3. The summed E-state index contributed by atoms with van der Waals surface area (Å²) >= 11 is 0. The van der Waals surface area contributed by atoms with Crippen molar-refractivity contribution in [3.05, 3.63) is 87.8 Å². The van der Waals surface area contributed by atoms with E-state index in [1.165, 1.54) is 30.3 Å². The predicted molar refractivity (Wildman–Crippen MR) is 144 cm³/mol. The Morgan fingerprint density at radius 2 is 1.57 bits per heavy atom. The van der Waals surface area contributed by atoms with E-state index < -0.39 is 35.6 Å². The van der Waals surface area contributed by atoms with Crippen molar-refractivity contribution in [3.63, 3.8) is 0 Å². The van der Waals surface area contributed by atoms with Crippen LogP contribution in [0.1, 0.15) is 37.7 Å². The molecule has 0 spiro atoms. The first-order chi connectivity index (χ1) is 19.2. The minimum absolute atomic E-state index is 0.0498. The van der Waals surface area contributed by atoms with Gasteiger partial charge < -0.3 is 23.9 Å². The highest BCUT2D eigenvalue weighted by atomic mass is 19.4. The Morgan fingerprint density at radius 3 is 2.20 bits per heavy atom. The van der Waals surface area contributed by atoms with Crippen LogP contribution >= 0.6 is 0 Å². The third kappa shape index (κ3) is 6.22. The van der Waals surface area contributed by atoms with Crippen LogP contribution in [-0.4, -0.2) is 19.1 Å². The molecule has 0 saturated carbocycles. The van der Waals surface area contributed by atoms with E-state index in [1.807, 2.05) is 32.0 Å². The first kappa shape index (κ1) is 28.5. The van der Waals surface area contributed by atoms with Crippen LogP contribution in [0.2, 0.25) is 0 Å². The number of carbonyl (C=O) groups is 1. The number of carbonyl (C=O) groups excluding carboxylic acids is 1. The molecule has 7 nitrogen and oxygen atoms in total. The summed E-state index contributed by atoms with van der Waals surface area (Å²) in [5.74, 6) is -2.90. The van der Waals surface area contributed by atoms with Crippen molar-refractivity contribution in [2.75, 3.05) is 18.5 Å². The largest absolute Gasteiger partial charge is 0.490 e. The van der Waals surface area contributed by atoms with Crippen LogP contribution in [0.15, 0.2) is 69.9 Å². The van der Waals surface area contributed by atoms with Crippen molar-refractivity contribution in [2.45, 2.75) is 39.8 Å². The maximum atomic E-state index is 14.0. The van der Waals surface area contributed by atoms with Crippen LogP contribution in [0.5, 0.6) is 23.0 Å². The van der Waals surface area contributed by atoms with Crippen LogP contribution in [0.4, 0.5) is 18.9 Å². The standard InChI is InChI=1S/C30H28F3NO6/c1-4-18-10-9-11-19(5-2)26(18)34-25(35)17-38-20-14-15-21-24(16-20)40-29(30(31,32)33)28(27(21)36)39-23-13-8-7-12-22(23)37-6-3/h7-16H,4-6,17H2,1-3H3,(H,34,35). The molecule has 0 aliphatic carbocycles. The van der Waals surface area contributed by atoms with Gasteiger partial charge in [-0.1, -0.05) is 44.2 Å². The second-order valence-corrected chi connectivity index (χ2v) is 8.72. The summed E-state index contributed by atoms with van der Waals surface area (Å²) in [7, 11) is 0. The van der Waals surface area contributed by atoms with Crippen LogP contribution in [-0.2, 0) is 23.8 Å². The third-order valence-electron chi connectivity index (χ3n) is 6.07. The first-order valence-corrected chi connectivity index (χ1v) is 12.8. The van der Waals surface area contributed by atoms with Gasteiger partial charge in [-0.3, -0.25) is 9.59 Å². The molecule has 1 N–H and O–H groups in total. The number of hydrogen-bond donors (Lipinski definition) is 1. The quantitative estimate of drug-likeness (QED) is 0.224. The molecule has 0 unspecified atom stereocenters. The molecular weight excluding hydrogens is 527 g/mol. The zero-order chi connectivity index (χ0) is 28.9. The zero-order valence-corrected chi connectivity index (χ0v) is 22.2. The molecule has 0 aliphatic rings. The van der Waals surface area contributed by atoms with Crippen molar-refractivity contribution in [1.29, 1.82) is 0 Å². The Bertz CT molecular complexity index is 1560. The molecule has 0 aliphatic heterocycles. The number of fused-ring (bicyclic) bond motifs is 1. The van der Waals surface area contributed by atoms with Gasteiger partial charge in [-0.2, -0.15) is 13.2 Å². The van der Waals surface area contributed by atoms with E-state index in [2.05, 4.69) is 5.32 Å². The lowest BCUT2D eigenvalue weighted by atomic mass is 10.0. The van der Waals surface area contributed by atoms with Crippen LogP contribution in [0, 0.1) is 0 Å². The smallest absolute Gasteiger partial charge is 0.453 e. The topological polar surface area (TPSA) is 87.0 Å². The third-order valence-corrected chi connectivity index (χ3v) is 6.07. The number of anilines is 1. The average Bonchev–Trinajstić information content (AvgIpc) is 2.93. The second kappa shape index (κ2) is 12.1. The maximum absolute atomic E-state index is 14.0. The molecule has 0 radical (unpaired) electrons. The molecule has 1 amide bonds. The lowest BCUT2D eigenvalue weighted by molar-refractivity contribution is -0.154. The molecular formula is C30H28F3NO6. The van der Waals surface area contributed by atoms with Gasteiger partial charge in [0.2, 0.25) is 11.2 Å². The zero-order valence-electron chi connectivity index (χ0n) is 22.2. The molecule has 1 heterocycles. The van der Waals surface area contributed by atoms with E-state index >= 15 is 0 Å². The number of nitrogens with one attached hydrogen (secondary N) is 1. The summed E-state index contributed by atoms with van der Waals surface area (Å²) in [4.78, 5) is 25.8. The highest BCUT2D eigenvalue weighted by molar-refractivity contribution is 5.93. The predicted octanol–water partition coefficient (Wildman–Crippen LogP) is 7.15. The number of para-hydroxylation sites is 3. The number of amides is 1. The number of rotatable bonds is 10. The molecule has 0 atom stereocenters. The molecule has 210 valence electrons. The molecule has 4 rings (SSSR count). The van der Waals surface area contributed by atoms with Gasteiger partial charge in [0.15, 0.2) is 18.1 Å². The SMILES string of the molecule is CCOc1ccccc1Oc1c(C(F)(F)F)oc2cc(OCC(=O)Nc3c(CC)cccc3CC)ccc2c1=O. The number of alkyl halides is 3. The average molecular weight is 556 g/mol. The second-order valence-electron chi connectivity index (χ2n) is 8.72. The van der Waals surface area contributed by atoms with E-state index in [0.29, 0.717) is 0 Å². The monoisotopic (exact) mass is 555 g/mol. The number of ether oxygens (including phenoxy) is 3. The fraction of sp³-hybridized carbons (Fsp3) is 0.267. The van der Waals surface area contributed by atoms with Crippen molar-refractivity contribution >= 4 is 22.6 Å². The van der Waals surface area contributed by atoms with Crippen LogP contribution in [0.3, 0.4) is 0 Å². The van der Waals surface area contributed by atoms with Gasteiger partial charge in [0, 0.05) is 11.8 Å². The highest BCUT2D eigenvalue weighted by Crippen LogP contribution is 2.40. The van der Waals surface area contributed by atoms with E-state index in [-0.39, 0.29) is 34.8 Å². The van der Waals surface area contributed by atoms with Gasteiger partial charge in [-0.25, -0.2) is 0 Å². The van der Waals surface area contributed by atoms with Crippen molar-refractivity contribution in [2.24, 2.45) is 0 Å². The van der Waals surface area contributed by atoms with Crippen molar-refractivity contribution in [3.8, 4) is 23.0 Å². The van der Waals surface area contributed by atoms with Gasteiger partial charge in [0.1, 0.15) is 11.3 Å². The summed E-state index contributed by atoms with van der Waals surface area (Å²) in [5.41, 5.74) is 1.28. The van der Waals surface area contributed by atoms with Crippen LogP contribution < -0.4 is 25.0 Å². The van der Waals surface area contributed by atoms with Gasteiger partial charge >= 0.3 is 6.18 Å². The minimum Gasteiger partial charge on any atom is -0.490 e. The fourth-order valence-corrected chi connectivity index (χ4v) is 4.17. The maximum Gasteiger partial charge on any atom is 0.453 e. The Hall–Kier alpha value is -4.47. The molecule has 0 bridgehead atoms. The Balaban J connectivity index is 1.61. The number of hydrogen-bond acceptors (Lipinski definition) is 6. The minimum atomic E-state index is -5.04. The highest BCUT2D eigenvalue weighted by Gasteiger charge is 2.40. The van der Waals surface area contributed by atoms with E-state index in [0.717, 1.165) is 35.7 Å². The van der Waals surface area contributed by atoms with E-state index in [1.54, 1.807) is 13.0 Å². The lowest BCUT2D eigenvalue weighted by Crippen LogP contribution is -2.22. The van der Waals surface area contributed by atoms with Crippen molar-refractivity contribution in [1.82, 2.24) is 0 Å². The first-order valence-electron chi connectivity index (χ1n) is 12.8. The Labute approximate surface area is 228 Å². The van der Waals surface area contributed by atoms with Crippen LogP contribution in [0.25, 0.3) is 11.0 Å². The summed E-state index contributed by atoms with van der Waals surface area (Å²) in [6.07, 6.45) is -3.60. The fourth-order valence-electron chi connectivity index (χ4n) is 4.17. The Morgan fingerprint density at radius 1 is 0.900 bits per heavy atom. The lowest BCUT2D eigenvalue weighted by Gasteiger charge is -2.16. The molecule has 1 aromatic heterocycles.